The summed E-state index contributed by atoms with van der Waals surface area (Å²) in [6, 6.07) is 0.110. The van der Waals surface area contributed by atoms with Gasteiger partial charge in [0.25, 0.3) is 0 Å². The highest BCUT2D eigenvalue weighted by Crippen LogP contribution is 2.41. The Morgan fingerprint density at radius 3 is 2.09 bits per heavy atom. The van der Waals surface area contributed by atoms with Crippen LogP contribution in [0, 0.1) is 11.8 Å². The second kappa shape index (κ2) is 7.95. The van der Waals surface area contributed by atoms with Crippen LogP contribution in [0.25, 0.3) is 0 Å². The van der Waals surface area contributed by atoms with Gasteiger partial charge in [0.15, 0.2) is 5.66 Å². The molecular weight excluding hydrogens is 282 g/mol. The molecule has 2 atom stereocenters. The lowest BCUT2D eigenvalue weighted by molar-refractivity contribution is 0.184. The van der Waals surface area contributed by atoms with E-state index in [0.29, 0.717) is 24.7 Å². The lowest BCUT2D eigenvalue weighted by Crippen LogP contribution is -2.32. The van der Waals surface area contributed by atoms with Crippen LogP contribution in [0.2, 0.25) is 0 Å². The van der Waals surface area contributed by atoms with Gasteiger partial charge in [-0.15, -0.1) is 0 Å². The summed E-state index contributed by atoms with van der Waals surface area (Å²) in [6.07, 6.45) is 13.1. The molecule has 0 amide bonds. The smallest absolute Gasteiger partial charge is 0.211 e. The predicted molar refractivity (Wildman–Crippen MR) is 79.4 cm³/mol. The number of isocyanates is 3. The van der Waals surface area contributed by atoms with E-state index in [-0.39, 0.29) is 6.04 Å². The van der Waals surface area contributed by atoms with Gasteiger partial charge in [-0.3, -0.25) is 0 Å². The fourth-order valence-electron chi connectivity index (χ4n) is 3.92. The molecule has 0 aliphatic heterocycles. The predicted octanol–water partition coefficient (Wildman–Crippen LogP) is 2.83. The maximum atomic E-state index is 10.6. The molecule has 6 nitrogen and oxygen atoms in total. The van der Waals surface area contributed by atoms with Crippen molar-refractivity contribution in [1.29, 1.82) is 0 Å². The van der Waals surface area contributed by atoms with Crippen LogP contribution >= 0.6 is 0 Å². The van der Waals surface area contributed by atoms with Crippen molar-refractivity contribution in [3.8, 4) is 0 Å². The molecule has 0 N–H and O–H groups in total. The topological polar surface area (TPSA) is 88.3 Å². The van der Waals surface area contributed by atoms with Gasteiger partial charge in [-0.25, -0.2) is 19.4 Å². The molecule has 0 radical (unpaired) electrons. The standard InChI is InChI=1S/C16H21N3O3/c20-10-17-15-4-2-1-3-14(15)9-13-5-7-16(8-6-13,18-11-21)19-12-22/h13-15H,1-9H2. The van der Waals surface area contributed by atoms with Gasteiger partial charge in [-0.2, -0.15) is 9.98 Å². The normalized spacial score (nSPS) is 34.6. The molecule has 2 saturated carbocycles. The quantitative estimate of drug-likeness (QED) is 0.578. The van der Waals surface area contributed by atoms with Crippen LogP contribution < -0.4 is 0 Å². The number of carbonyl (C=O) groups excluding carboxylic acids is 3. The van der Waals surface area contributed by atoms with Crippen molar-refractivity contribution in [3.05, 3.63) is 0 Å². The van der Waals surface area contributed by atoms with Crippen LogP contribution in [0.1, 0.15) is 57.8 Å². The Kier molecular flexibility index (Phi) is 5.97. The van der Waals surface area contributed by atoms with E-state index in [1.807, 2.05) is 0 Å². The minimum Gasteiger partial charge on any atom is -0.211 e. The maximum absolute atomic E-state index is 10.6. The van der Waals surface area contributed by atoms with Crippen LogP contribution in [0.15, 0.2) is 15.0 Å². The molecule has 0 aromatic rings. The summed E-state index contributed by atoms with van der Waals surface area (Å²) in [5.74, 6) is 0.945. The molecule has 2 fully saturated rings. The molecule has 0 spiro atoms. The lowest BCUT2D eigenvalue weighted by Gasteiger charge is -2.36. The minimum absolute atomic E-state index is 0.110. The first kappa shape index (κ1) is 16.5. The van der Waals surface area contributed by atoms with Crippen LogP contribution in [-0.4, -0.2) is 29.9 Å². The molecule has 0 aromatic carbocycles. The first-order valence-electron chi connectivity index (χ1n) is 7.98. The van der Waals surface area contributed by atoms with E-state index in [2.05, 4.69) is 15.0 Å². The number of hydrogen-bond donors (Lipinski definition) is 0. The molecule has 2 aliphatic rings. The van der Waals surface area contributed by atoms with Crippen LogP contribution in [0.4, 0.5) is 0 Å². The number of rotatable bonds is 5. The molecule has 2 aliphatic carbocycles. The van der Waals surface area contributed by atoms with Crippen molar-refractivity contribution in [1.82, 2.24) is 0 Å². The van der Waals surface area contributed by atoms with E-state index in [9.17, 15) is 14.4 Å². The van der Waals surface area contributed by atoms with Crippen LogP contribution in [-0.2, 0) is 14.4 Å². The SMILES string of the molecule is O=C=NC1CCCCC1CC1CCC(N=C=O)(N=C=O)CC1. The number of hydrogen-bond acceptors (Lipinski definition) is 6. The van der Waals surface area contributed by atoms with Gasteiger partial charge in [-0.05, 0) is 56.8 Å². The Balaban J connectivity index is 1.95. The lowest BCUT2D eigenvalue weighted by atomic mass is 9.73. The Hall–Kier alpha value is -1.86. The van der Waals surface area contributed by atoms with E-state index in [0.717, 1.165) is 38.5 Å². The van der Waals surface area contributed by atoms with E-state index in [1.54, 1.807) is 6.08 Å². The van der Waals surface area contributed by atoms with Crippen LogP contribution in [0.3, 0.4) is 0 Å². The molecule has 0 aromatic heterocycles. The Morgan fingerprint density at radius 2 is 1.50 bits per heavy atom. The summed E-state index contributed by atoms with van der Waals surface area (Å²) >= 11 is 0. The van der Waals surface area contributed by atoms with Crippen molar-refractivity contribution in [2.24, 2.45) is 26.8 Å². The summed E-state index contributed by atoms with van der Waals surface area (Å²) in [6.45, 7) is 0. The zero-order chi connectivity index (χ0) is 15.8. The first-order valence-corrected chi connectivity index (χ1v) is 7.98. The third kappa shape index (κ3) is 4.08. The average molecular weight is 303 g/mol. The van der Waals surface area contributed by atoms with Crippen molar-refractivity contribution in [2.45, 2.75) is 69.5 Å². The molecule has 0 saturated heterocycles. The Morgan fingerprint density at radius 1 is 0.864 bits per heavy atom. The zero-order valence-electron chi connectivity index (χ0n) is 12.7. The highest BCUT2D eigenvalue weighted by Gasteiger charge is 2.37. The second-order valence-corrected chi connectivity index (χ2v) is 6.40. The van der Waals surface area contributed by atoms with Crippen molar-refractivity contribution in [3.63, 3.8) is 0 Å². The molecule has 6 heteroatoms. The largest absolute Gasteiger partial charge is 0.237 e. The average Bonchev–Trinajstić information content (AvgIpc) is 2.52. The molecular formula is C16H21N3O3. The van der Waals surface area contributed by atoms with Gasteiger partial charge in [0.1, 0.15) is 0 Å². The Labute approximate surface area is 129 Å². The molecule has 2 unspecified atom stereocenters. The molecule has 2 rings (SSSR count). The van der Waals surface area contributed by atoms with Crippen molar-refractivity contribution in [2.75, 3.05) is 0 Å². The third-order valence-corrected chi connectivity index (χ3v) is 5.14. The molecule has 0 bridgehead atoms. The zero-order valence-corrected chi connectivity index (χ0v) is 12.7. The van der Waals surface area contributed by atoms with Crippen molar-refractivity contribution >= 4 is 18.2 Å². The van der Waals surface area contributed by atoms with Crippen LogP contribution in [0.5, 0.6) is 0 Å². The van der Waals surface area contributed by atoms with Gasteiger partial charge in [0.2, 0.25) is 18.2 Å². The van der Waals surface area contributed by atoms with Gasteiger partial charge in [-0.1, -0.05) is 12.8 Å². The van der Waals surface area contributed by atoms with E-state index in [4.69, 9.17) is 0 Å². The highest BCUT2D eigenvalue weighted by atomic mass is 16.1. The summed E-state index contributed by atoms with van der Waals surface area (Å²) in [4.78, 5) is 43.0. The second-order valence-electron chi connectivity index (χ2n) is 6.40. The van der Waals surface area contributed by atoms with E-state index < -0.39 is 5.66 Å². The fraction of sp³-hybridized carbons (Fsp3) is 0.812. The molecule has 0 heterocycles. The van der Waals surface area contributed by atoms with Gasteiger partial charge >= 0.3 is 0 Å². The number of aliphatic imine (C=N–C) groups is 3. The summed E-state index contributed by atoms with van der Waals surface area (Å²) < 4.78 is 0. The summed E-state index contributed by atoms with van der Waals surface area (Å²) in [5.41, 5.74) is -0.938. The fourth-order valence-corrected chi connectivity index (χ4v) is 3.92. The molecule has 22 heavy (non-hydrogen) atoms. The molecule has 118 valence electrons. The summed E-state index contributed by atoms with van der Waals surface area (Å²) in [7, 11) is 0. The monoisotopic (exact) mass is 303 g/mol. The number of nitrogens with zero attached hydrogens (tertiary/aromatic N) is 3. The van der Waals surface area contributed by atoms with Gasteiger partial charge in [0, 0.05) is 0 Å². The van der Waals surface area contributed by atoms with Gasteiger partial charge in [0.05, 0.1) is 6.04 Å². The third-order valence-electron chi connectivity index (χ3n) is 5.14. The van der Waals surface area contributed by atoms with E-state index >= 15 is 0 Å². The summed E-state index contributed by atoms with van der Waals surface area (Å²) in [5, 5.41) is 0. The highest BCUT2D eigenvalue weighted by molar-refractivity contribution is 5.39. The minimum atomic E-state index is -0.938. The first-order chi connectivity index (χ1) is 10.7. The van der Waals surface area contributed by atoms with Crippen molar-refractivity contribution < 1.29 is 14.4 Å². The Bertz CT molecular complexity index is 501. The maximum Gasteiger partial charge on any atom is 0.237 e. The van der Waals surface area contributed by atoms with E-state index in [1.165, 1.54) is 18.6 Å². The van der Waals surface area contributed by atoms with Gasteiger partial charge < -0.3 is 0 Å².